The number of carbonyl (C=O) groups excluding carboxylic acids is 3. The number of anilines is 3. The van der Waals surface area contributed by atoms with Crippen molar-refractivity contribution in [3.8, 4) is 0 Å². The van der Waals surface area contributed by atoms with Crippen LogP contribution in [0.2, 0.25) is 5.02 Å². The molecule has 4 amide bonds. The topological polar surface area (TPSA) is 109 Å². The number of amides is 4. The first-order valence-electron chi connectivity index (χ1n) is 11.7. The normalized spacial score (nSPS) is 19.9. The molecule has 36 heavy (non-hydrogen) atoms. The predicted molar refractivity (Wildman–Crippen MR) is 135 cm³/mol. The van der Waals surface area contributed by atoms with E-state index in [1.54, 1.807) is 60.5 Å². The van der Waals surface area contributed by atoms with Gasteiger partial charge in [-0.25, -0.2) is 4.79 Å². The van der Waals surface area contributed by atoms with Crippen molar-refractivity contribution >= 4 is 46.5 Å². The lowest BCUT2D eigenvalue weighted by Crippen LogP contribution is -2.45. The minimum Gasteiger partial charge on any atom is -0.382 e. The first-order chi connectivity index (χ1) is 17.4. The first kappa shape index (κ1) is 25.9. The van der Waals surface area contributed by atoms with Crippen molar-refractivity contribution in [3.63, 3.8) is 0 Å². The van der Waals surface area contributed by atoms with Gasteiger partial charge in [-0.05, 0) is 48.5 Å². The fourth-order valence-corrected chi connectivity index (χ4v) is 4.29. The molecule has 0 saturated carbocycles. The largest absolute Gasteiger partial charge is 0.382 e. The molecule has 0 bridgehead atoms. The number of hydrogen-bond acceptors (Lipinski definition) is 6. The predicted octanol–water partition coefficient (Wildman–Crippen LogP) is 2.98. The number of urea groups is 1. The molecular weight excluding hydrogens is 488 g/mol. The number of morpholine rings is 1. The minimum absolute atomic E-state index is 0.0572. The van der Waals surface area contributed by atoms with E-state index in [0.717, 1.165) is 5.69 Å². The Morgan fingerprint density at radius 2 is 1.75 bits per heavy atom. The summed E-state index contributed by atoms with van der Waals surface area (Å²) in [7, 11) is 1.58. The van der Waals surface area contributed by atoms with Gasteiger partial charge in [0.2, 0.25) is 5.91 Å². The number of carbonyl (C=O) groups is 3. The van der Waals surface area contributed by atoms with Crippen molar-refractivity contribution in [2.45, 2.75) is 18.6 Å². The van der Waals surface area contributed by atoms with Crippen LogP contribution in [0.15, 0.2) is 48.5 Å². The Balaban J connectivity index is 1.43. The van der Waals surface area contributed by atoms with Crippen LogP contribution >= 0.6 is 11.6 Å². The van der Waals surface area contributed by atoms with E-state index in [1.165, 1.54) is 4.90 Å². The number of nitrogens with zero attached hydrogens (tertiary/aromatic N) is 2. The summed E-state index contributed by atoms with van der Waals surface area (Å²) >= 11 is 5.93. The summed E-state index contributed by atoms with van der Waals surface area (Å²) in [6.45, 7) is 2.06. The summed E-state index contributed by atoms with van der Waals surface area (Å²) in [5.41, 5.74) is 1.87. The van der Waals surface area contributed by atoms with E-state index >= 15 is 0 Å². The molecular formula is C25H29ClN4O6. The molecule has 10 nitrogen and oxygen atoms in total. The smallest absolute Gasteiger partial charge is 0.322 e. The van der Waals surface area contributed by atoms with Crippen molar-refractivity contribution in [1.82, 2.24) is 4.90 Å². The summed E-state index contributed by atoms with van der Waals surface area (Å²) in [6, 6.07) is 12.6. The van der Waals surface area contributed by atoms with Crippen LogP contribution in [-0.4, -0.2) is 81.5 Å². The minimum atomic E-state index is -0.731. The average molecular weight is 517 g/mol. The third-order valence-corrected chi connectivity index (χ3v) is 6.25. The zero-order valence-electron chi connectivity index (χ0n) is 19.9. The standard InChI is InChI=1S/C25H29ClN4O6/c1-34-12-13-36-21-14-22(30(15-21)25(33)28-19-4-2-17(26)3-5-19)24(32)27-18-6-8-20(9-7-18)29-10-11-35-16-23(29)31/h2-9,21-22H,10-16H2,1H3,(H,27,32)(H,28,33)/t21-,22-/m1/s1. The molecule has 11 heteroatoms. The molecule has 192 valence electrons. The summed E-state index contributed by atoms with van der Waals surface area (Å²) in [4.78, 5) is 41.5. The zero-order valence-corrected chi connectivity index (χ0v) is 20.7. The number of ether oxygens (including phenoxy) is 3. The summed E-state index contributed by atoms with van der Waals surface area (Å²) in [5.74, 6) is -0.430. The lowest BCUT2D eigenvalue weighted by Gasteiger charge is -2.27. The first-order valence-corrected chi connectivity index (χ1v) is 12.0. The van der Waals surface area contributed by atoms with E-state index < -0.39 is 12.1 Å². The maximum absolute atomic E-state index is 13.2. The summed E-state index contributed by atoms with van der Waals surface area (Å²) in [6.07, 6.45) is 0.0470. The van der Waals surface area contributed by atoms with Crippen LogP contribution in [0.3, 0.4) is 0 Å². The molecule has 0 radical (unpaired) electrons. The van der Waals surface area contributed by atoms with Crippen molar-refractivity contribution in [1.29, 1.82) is 0 Å². The maximum atomic E-state index is 13.2. The molecule has 4 rings (SSSR count). The maximum Gasteiger partial charge on any atom is 0.322 e. The number of halogens is 1. The van der Waals surface area contributed by atoms with Gasteiger partial charge in [0.1, 0.15) is 12.6 Å². The molecule has 2 heterocycles. The van der Waals surface area contributed by atoms with Crippen molar-refractivity contribution < 1.29 is 28.6 Å². The highest BCUT2D eigenvalue weighted by atomic mass is 35.5. The molecule has 0 aromatic heterocycles. The van der Waals surface area contributed by atoms with E-state index in [1.807, 2.05) is 0 Å². The second kappa shape index (κ2) is 12.2. The molecule has 0 unspecified atom stereocenters. The molecule has 2 aliphatic rings. The highest BCUT2D eigenvalue weighted by Crippen LogP contribution is 2.25. The van der Waals surface area contributed by atoms with E-state index in [-0.39, 0.29) is 31.1 Å². The Kier molecular flexibility index (Phi) is 8.76. The third-order valence-electron chi connectivity index (χ3n) is 6.00. The number of likely N-dealkylation sites (tertiary alicyclic amines) is 1. The molecule has 2 fully saturated rings. The number of rotatable bonds is 8. The van der Waals surface area contributed by atoms with Crippen molar-refractivity contribution in [2.24, 2.45) is 0 Å². The average Bonchev–Trinajstić information content (AvgIpc) is 3.31. The molecule has 2 aromatic rings. The van der Waals surface area contributed by atoms with Gasteiger partial charge in [-0.1, -0.05) is 11.6 Å². The number of benzene rings is 2. The van der Waals surface area contributed by atoms with Gasteiger partial charge in [-0.15, -0.1) is 0 Å². The van der Waals surface area contributed by atoms with Crippen molar-refractivity contribution in [3.05, 3.63) is 53.6 Å². The van der Waals surface area contributed by atoms with Gasteiger partial charge in [0.25, 0.3) is 5.91 Å². The molecule has 2 aliphatic heterocycles. The number of methoxy groups -OCH3 is 1. The molecule has 2 N–H and O–H groups in total. The monoisotopic (exact) mass is 516 g/mol. The van der Waals surface area contributed by atoms with Crippen molar-refractivity contribution in [2.75, 3.05) is 62.2 Å². The van der Waals surface area contributed by atoms with Gasteiger partial charge < -0.3 is 34.6 Å². The van der Waals surface area contributed by atoms with E-state index in [9.17, 15) is 14.4 Å². The second-order valence-corrected chi connectivity index (χ2v) is 8.90. The van der Waals surface area contributed by atoms with Crippen LogP contribution in [0.5, 0.6) is 0 Å². The van der Waals surface area contributed by atoms with Gasteiger partial charge in [-0.2, -0.15) is 0 Å². The Labute approximate surface area is 214 Å². The van der Waals surface area contributed by atoms with E-state index in [4.69, 9.17) is 25.8 Å². The van der Waals surface area contributed by atoms with Crippen LogP contribution in [0.25, 0.3) is 0 Å². The Hall–Kier alpha value is -3.18. The highest BCUT2D eigenvalue weighted by Gasteiger charge is 2.40. The third kappa shape index (κ3) is 6.52. The lowest BCUT2D eigenvalue weighted by molar-refractivity contribution is -0.125. The molecule has 2 saturated heterocycles. The van der Waals surface area contributed by atoms with Crippen LogP contribution < -0.4 is 15.5 Å². The molecule has 0 aliphatic carbocycles. The summed E-state index contributed by atoms with van der Waals surface area (Å²) < 4.78 is 16.0. The fraction of sp³-hybridized carbons (Fsp3) is 0.400. The number of hydrogen-bond donors (Lipinski definition) is 2. The summed E-state index contributed by atoms with van der Waals surface area (Å²) in [5, 5.41) is 6.26. The van der Waals surface area contributed by atoms with E-state index in [2.05, 4.69) is 10.6 Å². The van der Waals surface area contributed by atoms with Crippen LogP contribution in [0.4, 0.5) is 21.9 Å². The van der Waals surface area contributed by atoms with Gasteiger partial charge in [0.05, 0.1) is 25.9 Å². The molecule has 2 atom stereocenters. The fourth-order valence-electron chi connectivity index (χ4n) is 4.16. The quantitative estimate of drug-likeness (QED) is 0.522. The van der Waals surface area contributed by atoms with Crippen LogP contribution in [0.1, 0.15) is 6.42 Å². The molecule has 2 aromatic carbocycles. The Bertz CT molecular complexity index is 1070. The SMILES string of the molecule is COCCO[C@@H]1C[C@H](C(=O)Nc2ccc(N3CCOCC3=O)cc2)N(C(=O)Nc2ccc(Cl)cc2)C1. The Morgan fingerprint density at radius 1 is 1.06 bits per heavy atom. The van der Waals surface area contributed by atoms with Crippen LogP contribution in [0, 0.1) is 0 Å². The Morgan fingerprint density at radius 3 is 2.44 bits per heavy atom. The highest BCUT2D eigenvalue weighted by molar-refractivity contribution is 6.30. The zero-order chi connectivity index (χ0) is 25.5. The van der Waals surface area contributed by atoms with E-state index in [0.29, 0.717) is 49.2 Å². The van der Waals surface area contributed by atoms with Gasteiger partial charge in [0.15, 0.2) is 0 Å². The second-order valence-electron chi connectivity index (χ2n) is 8.46. The van der Waals surface area contributed by atoms with Gasteiger partial charge >= 0.3 is 6.03 Å². The van der Waals surface area contributed by atoms with Crippen LogP contribution in [-0.2, 0) is 23.8 Å². The number of nitrogens with one attached hydrogen (secondary N) is 2. The molecule has 0 spiro atoms. The lowest BCUT2D eigenvalue weighted by atomic mass is 10.1. The van der Waals surface area contributed by atoms with Gasteiger partial charge in [-0.3, -0.25) is 9.59 Å². The van der Waals surface area contributed by atoms with Gasteiger partial charge in [0, 0.05) is 48.7 Å².